The van der Waals surface area contributed by atoms with Gasteiger partial charge in [-0.15, -0.1) is 11.3 Å². The second kappa shape index (κ2) is 9.68. The van der Waals surface area contributed by atoms with E-state index in [0.29, 0.717) is 11.7 Å². The van der Waals surface area contributed by atoms with E-state index in [1.54, 1.807) is 41.9 Å². The first kappa shape index (κ1) is 22.9. The molecule has 2 heterocycles. The van der Waals surface area contributed by atoms with E-state index >= 15 is 0 Å². The van der Waals surface area contributed by atoms with Gasteiger partial charge in [-0.05, 0) is 53.8 Å². The van der Waals surface area contributed by atoms with E-state index in [2.05, 4.69) is 15.3 Å². The Morgan fingerprint density at radius 2 is 2.00 bits per heavy atom. The molecule has 0 bridgehead atoms. The molecule has 0 spiro atoms. The molecule has 3 aromatic rings. The fourth-order valence-electron chi connectivity index (χ4n) is 4.30. The smallest absolute Gasteiger partial charge is 0.226 e. The van der Waals surface area contributed by atoms with Crippen LogP contribution in [0.2, 0.25) is 5.02 Å². The number of nitrogens with one attached hydrogen (secondary N) is 1. The van der Waals surface area contributed by atoms with E-state index in [1.807, 2.05) is 17.5 Å². The molecule has 1 unspecified atom stereocenters. The van der Waals surface area contributed by atoms with Crippen LogP contribution < -0.4 is 5.32 Å². The lowest BCUT2D eigenvalue weighted by atomic mass is 9.82. The van der Waals surface area contributed by atoms with Gasteiger partial charge in [0.1, 0.15) is 0 Å². The van der Waals surface area contributed by atoms with E-state index in [-0.39, 0.29) is 28.2 Å². The zero-order chi connectivity index (χ0) is 22.7. The average molecular weight is 490 g/mol. The summed E-state index contributed by atoms with van der Waals surface area (Å²) >= 11 is 7.87. The Labute approximate surface area is 197 Å². The summed E-state index contributed by atoms with van der Waals surface area (Å²) in [7, 11) is -3.40. The minimum Gasteiger partial charge on any atom is -0.309 e. The fraction of sp³-hybridized carbons (Fsp3) is 0.348. The number of amides is 1. The largest absolute Gasteiger partial charge is 0.309 e. The van der Waals surface area contributed by atoms with E-state index in [1.165, 1.54) is 0 Å². The minimum atomic E-state index is -3.40. The molecule has 0 radical (unpaired) electrons. The number of halogens is 1. The number of benzene rings is 1. The fourth-order valence-corrected chi connectivity index (χ4v) is 6.33. The Hall–Kier alpha value is -2.29. The summed E-state index contributed by atoms with van der Waals surface area (Å²) in [6.45, 7) is 0. The summed E-state index contributed by atoms with van der Waals surface area (Å²) < 4.78 is 23.8. The lowest BCUT2D eigenvalue weighted by Crippen LogP contribution is -2.20. The number of rotatable bonds is 7. The molecule has 168 valence electrons. The highest BCUT2D eigenvalue weighted by Crippen LogP contribution is 2.41. The van der Waals surface area contributed by atoms with Crippen molar-refractivity contribution >= 4 is 44.5 Å². The standard InChI is InChI=1S/C23H24ClN3O3S2/c1-32(29,30)21-9-8-16(11-18(21)24)17(15-5-2-3-6-15)12-23(28)27-22-14-25-19(13-26-22)20-7-4-10-31-20/h4,7-11,13-15,17H,2-3,5-6,12H2,1H3,(H,26,27,28). The van der Waals surface area contributed by atoms with Gasteiger partial charge in [-0.3, -0.25) is 4.79 Å². The van der Waals surface area contributed by atoms with Gasteiger partial charge in [-0.25, -0.2) is 18.4 Å². The van der Waals surface area contributed by atoms with Crippen molar-refractivity contribution < 1.29 is 13.2 Å². The van der Waals surface area contributed by atoms with Crippen molar-refractivity contribution in [3.8, 4) is 10.6 Å². The van der Waals surface area contributed by atoms with Crippen LogP contribution in [0.5, 0.6) is 0 Å². The Morgan fingerprint density at radius 1 is 1.22 bits per heavy atom. The molecule has 2 aromatic heterocycles. The minimum absolute atomic E-state index is 0.0399. The molecule has 4 rings (SSSR count). The number of thiophene rings is 1. The molecule has 0 saturated heterocycles. The molecular weight excluding hydrogens is 466 g/mol. The van der Waals surface area contributed by atoms with Gasteiger partial charge in [-0.1, -0.05) is 36.6 Å². The molecule has 1 saturated carbocycles. The van der Waals surface area contributed by atoms with Crippen molar-refractivity contribution in [2.24, 2.45) is 5.92 Å². The number of hydrogen-bond donors (Lipinski definition) is 1. The van der Waals surface area contributed by atoms with Gasteiger partial charge >= 0.3 is 0 Å². The van der Waals surface area contributed by atoms with Crippen LogP contribution in [-0.4, -0.2) is 30.5 Å². The third-order valence-corrected chi connectivity index (χ3v) is 8.32. The normalized spacial score (nSPS) is 15.6. The summed E-state index contributed by atoms with van der Waals surface area (Å²) in [5, 5.41) is 5.02. The molecule has 1 aliphatic carbocycles. The predicted octanol–water partition coefficient (Wildman–Crippen LogP) is 5.56. The second-order valence-corrected chi connectivity index (χ2v) is 11.5. The van der Waals surface area contributed by atoms with Crippen LogP contribution in [0.4, 0.5) is 5.82 Å². The quantitative estimate of drug-likeness (QED) is 0.469. The molecular formula is C23H24ClN3O3S2. The SMILES string of the molecule is CS(=O)(=O)c1ccc(C(CC(=O)Nc2cnc(-c3cccs3)cn2)C2CCCC2)cc1Cl. The highest BCUT2D eigenvalue weighted by molar-refractivity contribution is 7.90. The van der Waals surface area contributed by atoms with Crippen LogP contribution in [0, 0.1) is 5.92 Å². The molecule has 9 heteroatoms. The van der Waals surface area contributed by atoms with Gasteiger partial charge < -0.3 is 5.32 Å². The first-order valence-electron chi connectivity index (χ1n) is 10.5. The van der Waals surface area contributed by atoms with E-state index in [9.17, 15) is 13.2 Å². The van der Waals surface area contributed by atoms with Gasteiger partial charge in [0.05, 0.1) is 32.9 Å². The van der Waals surface area contributed by atoms with Crippen molar-refractivity contribution in [2.45, 2.75) is 42.9 Å². The summed E-state index contributed by atoms with van der Waals surface area (Å²) in [6, 6.07) is 8.95. The summed E-state index contributed by atoms with van der Waals surface area (Å²) in [6.07, 6.45) is 8.97. The summed E-state index contributed by atoms with van der Waals surface area (Å²) in [5.41, 5.74) is 1.66. The highest BCUT2D eigenvalue weighted by Gasteiger charge is 2.29. The van der Waals surface area contributed by atoms with Crippen molar-refractivity contribution in [3.05, 3.63) is 58.7 Å². The predicted molar refractivity (Wildman–Crippen MR) is 128 cm³/mol. The van der Waals surface area contributed by atoms with Crippen molar-refractivity contribution in [1.29, 1.82) is 0 Å². The van der Waals surface area contributed by atoms with Gasteiger partial charge in [-0.2, -0.15) is 0 Å². The number of sulfone groups is 1. The van der Waals surface area contributed by atoms with Crippen molar-refractivity contribution in [3.63, 3.8) is 0 Å². The molecule has 1 atom stereocenters. The molecule has 1 N–H and O–H groups in total. The maximum Gasteiger partial charge on any atom is 0.226 e. The third-order valence-electron chi connectivity index (χ3n) is 5.85. The number of hydrogen-bond acceptors (Lipinski definition) is 6. The number of aromatic nitrogens is 2. The van der Waals surface area contributed by atoms with E-state index in [4.69, 9.17) is 11.6 Å². The van der Waals surface area contributed by atoms with Gasteiger partial charge in [0.25, 0.3) is 0 Å². The van der Waals surface area contributed by atoms with Gasteiger partial charge in [0, 0.05) is 12.7 Å². The van der Waals surface area contributed by atoms with Gasteiger partial charge in [0.15, 0.2) is 15.7 Å². The number of nitrogens with zero attached hydrogens (tertiary/aromatic N) is 2. The number of carbonyl (C=O) groups is 1. The van der Waals surface area contributed by atoms with Crippen LogP contribution in [-0.2, 0) is 14.6 Å². The van der Waals surface area contributed by atoms with Crippen LogP contribution in [0.3, 0.4) is 0 Å². The van der Waals surface area contributed by atoms with Crippen molar-refractivity contribution in [1.82, 2.24) is 9.97 Å². The van der Waals surface area contributed by atoms with Crippen LogP contribution in [0.25, 0.3) is 10.6 Å². The van der Waals surface area contributed by atoms with Crippen LogP contribution in [0.1, 0.15) is 43.6 Å². The topological polar surface area (TPSA) is 89.0 Å². The number of carbonyl (C=O) groups excluding carboxylic acids is 1. The average Bonchev–Trinajstić information content (AvgIpc) is 3.46. The lowest BCUT2D eigenvalue weighted by molar-refractivity contribution is -0.116. The monoisotopic (exact) mass is 489 g/mol. The zero-order valence-electron chi connectivity index (χ0n) is 17.6. The van der Waals surface area contributed by atoms with Crippen LogP contribution in [0.15, 0.2) is 53.0 Å². The maximum atomic E-state index is 12.9. The van der Waals surface area contributed by atoms with E-state index < -0.39 is 9.84 Å². The molecule has 6 nitrogen and oxygen atoms in total. The lowest BCUT2D eigenvalue weighted by Gasteiger charge is -2.24. The Balaban J connectivity index is 1.50. The van der Waals surface area contributed by atoms with Crippen molar-refractivity contribution in [2.75, 3.05) is 11.6 Å². The zero-order valence-corrected chi connectivity index (χ0v) is 20.0. The summed E-state index contributed by atoms with van der Waals surface area (Å²) in [4.78, 5) is 22.7. The molecule has 32 heavy (non-hydrogen) atoms. The van der Waals surface area contributed by atoms with Crippen LogP contribution >= 0.6 is 22.9 Å². The molecule has 1 fully saturated rings. The molecule has 1 aromatic carbocycles. The molecule has 0 aliphatic heterocycles. The first-order valence-corrected chi connectivity index (χ1v) is 13.6. The summed E-state index contributed by atoms with van der Waals surface area (Å²) in [5.74, 6) is 0.574. The number of anilines is 1. The second-order valence-electron chi connectivity index (χ2n) is 8.13. The molecule has 1 amide bonds. The molecule has 1 aliphatic rings. The Bertz CT molecular complexity index is 1190. The maximum absolute atomic E-state index is 12.9. The third kappa shape index (κ3) is 5.36. The Morgan fingerprint density at radius 3 is 2.59 bits per heavy atom. The Kier molecular flexibility index (Phi) is 6.93. The van der Waals surface area contributed by atoms with E-state index in [0.717, 1.165) is 48.1 Å². The highest BCUT2D eigenvalue weighted by atomic mass is 35.5. The first-order chi connectivity index (χ1) is 15.3. The van der Waals surface area contributed by atoms with Gasteiger partial charge in [0.2, 0.25) is 5.91 Å².